The average molecular weight is 489 g/mol. The number of rotatable bonds is 14. The minimum Gasteiger partial charge on any atom is -0.444 e. The number of allylic oxidation sites excluding steroid dienone is 6. The van der Waals surface area contributed by atoms with Crippen LogP contribution in [-0.4, -0.2) is 39.2 Å². The van der Waals surface area contributed by atoms with Gasteiger partial charge in [0.1, 0.15) is 5.60 Å². The monoisotopic (exact) mass is 488 g/mol. The Kier molecular flexibility index (Phi) is 14.2. The van der Waals surface area contributed by atoms with Crippen LogP contribution in [-0.2, 0) is 4.74 Å². The van der Waals surface area contributed by atoms with Gasteiger partial charge in [-0.1, -0.05) is 36.5 Å². The predicted octanol–water partition coefficient (Wildman–Crippen LogP) is 7.08. The molecule has 1 fully saturated rings. The van der Waals surface area contributed by atoms with Gasteiger partial charge in [0.2, 0.25) is 0 Å². The Morgan fingerprint density at radius 3 is 1.21 bits per heavy atom. The van der Waals surface area contributed by atoms with E-state index in [4.69, 9.17) is 5.73 Å². The van der Waals surface area contributed by atoms with Crippen LogP contribution in [0.3, 0.4) is 0 Å². The van der Waals surface area contributed by atoms with Crippen molar-refractivity contribution in [1.29, 1.82) is 0 Å². The van der Waals surface area contributed by atoms with Crippen molar-refractivity contribution in [2.45, 2.75) is 86.8 Å². The molecule has 186 valence electrons. The van der Waals surface area contributed by atoms with Gasteiger partial charge in [-0.3, -0.25) is 0 Å². The van der Waals surface area contributed by atoms with Crippen LogP contribution in [0.5, 0.6) is 0 Å². The Morgan fingerprint density at radius 1 is 0.788 bits per heavy atom. The molecule has 1 saturated heterocycles. The summed E-state index contributed by atoms with van der Waals surface area (Å²) in [6.07, 6.45) is 14.5. The molecule has 1 heterocycles. The molecule has 1 aliphatic heterocycles. The summed E-state index contributed by atoms with van der Waals surface area (Å²) in [6.45, 7) is 29.6. The minimum atomic E-state index is -1.57. The molecule has 0 radical (unpaired) electrons. The van der Waals surface area contributed by atoms with Gasteiger partial charge >= 0.3 is 6.09 Å². The number of carbonyl (C=O) groups excluding carboxylic acids is 1. The molecule has 0 aromatic rings. The molecule has 3 N–H and O–H groups in total. The van der Waals surface area contributed by atoms with E-state index in [1.54, 1.807) is 20.8 Å². The predicted molar refractivity (Wildman–Crippen MR) is 152 cm³/mol. The topological polar surface area (TPSA) is 64.3 Å². The highest BCUT2D eigenvalue weighted by molar-refractivity contribution is 6.84. The normalized spacial score (nSPS) is 18.3. The van der Waals surface area contributed by atoms with Gasteiger partial charge in [-0.05, 0) is 69.9 Å². The van der Waals surface area contributed by atoms with Gasteiger partial charge in [0.15, 0.2) is 0 Å². The van der Waals surface area contributed by atoms with E-state index in [1.165, 1.54) is 12.8 Å². The maximum absolute atomic E-state index is 10.0. The summed E-state index contributed by atoms with van der Waals surface area (Å²) in [5, 5.41) is 4.12. The second-order valence-electron chi connectivity index (χ2n) is 10.1. The summed E-state index contributed by atoms with van der Waals surface area (Å²) < 4.78 is 4.58. The van der Waals surface area contributed by atoms with E-state index in [1.807, 2.05) is 0 Å². The van der Waals surface area contributed by atoms with Crippen molar-refractivity contribution in [3.63, 3.8) is 0 Å². The molecule has 2 unspecified atom stereocenters. The number of ether oxygens (including phenoxy) is 1. The lowest BCUT2D eigenvalue weighted by atomic mass is 10.2. The molecule has 6 heteroatoms. The second kappa shape index (κ2) is 15.1. The van der Waals surface area contributed by atoms with E-state index < -0.39 is 27.8 Å². The number of nitrogens with two attached hydrogens (primary N) is 1. The maximum atomic E-state index is 10.0. The standard InChI is InChI=1S/C22H37NSi2.C5H11NO2/c1-7-15-24(16-8-2,17-9-3)21-13-14-22(23-21)25(18-10-4,19-11-5)20-12-6;1-5(2,3)8-4(6)7/h7-12,21-23H,1-6,13-20H2;1-3H3,(H2,6,7). The number of amides is 1. The number of carbonyl (C=O) groups is 1. The van der Waals surface area contributed by atoms with Crippen molar-refractivity contribution in [1.82, 2.24) is 5.32 Å². The zero-order chi connectivity index (χ0) is 25.5. The molecule has 33 heavy (non-hydrogen) atoms. The summed E-state index contributed by atoms with van der Waals surface area (Å²) in [7, 11) is -3.14. The van der Waals surface area contributed by atoms with Crippen molar-refractivity contribution < 1.29 is 9.53 Å². The van der Waals surface area contributed by atoms with Crippen molar-refractivity contribution in [2.24, 2.45) is 5.73 Å². The number of hydrogen-bond acceptors (Lipinski definition) is 3. The van der Waals surface area contributed by atoms with Gasteiger partial charge < -0.3 is 15.8 Å². The molecule has 1 aliphatic rings. The SMILES string of the molecule is C=CC[Si](CC=C)(CC=C)C1CCC([Si](CC=C)(CC=C)CC=C)N1.CC(C)(C)OC(N)=O. The second-order valence-corrected chi connectivity index (χ2v) is 19.4. The van der Waals surface area contributed by atoms with Crippen LogP contribution in [0.2, 0.25) is 36.3 Å². The Balaban J connectivity index is 0.00000109. The lowest BCUT2D eigenvalue weighted by Gasteiger charge is -2.39. The third-order valence-electron chi connectivity index (χ3n) is 6.34. The van der Waals surface area contributed by atoms with E-state index in [0.717, 1.165) is 36.3 Å². The zero-order valence-corrected chi connectivity index (χ0v) is 23.4. The molecular formula is C27H48N2O2Si2. The highest BCUT2D eigenvalue weighted by Gasteiger charge is 2.47. The van der Waals surface area contributed by atoms with E-state index in [-0.39, 0.29) is 0 Å². The summed E-state index contributed by atoms with van der Waals surface area (Å²) in [6, 6.07) is 6.80. The molecule has 1 rings (SSSR count). The van der Waals surface area contributed by atoms with Crippen LogP contribution in [0.15, 0.2) is 75.9 Å². The quantitative estimate of drug-likeness (QED) is 0.203. The fraction of sp³-hybridized carbons (Fsp3) is 0.519. The fourth-order valence-corrected chi connectivity index (χ4v) is 14.1. The van der Waals surface area contributed by atoms with Gasteiger partial charge in [-0.2, -0.15) is 0 Å². The highest BCUT2D eigenvalue weighted by Crippen LogP contribution is 2.38. The average Bonchev–Trinajstić information content (AvgIpc) is 3.19. The van der Waals surface area contributed by atoms with Crippen LogP contribution in [0.25, 0.3) is 0 Å². The first kappa shape index (κ1) is 31.1. The summed E-state index contributed by atoms with van der Waals surface area (Å²) in [5.74, 6) is 0. The third-order valence-corrected chi connectivity index (χ3v) is 16.8. The Morgan fingerprint density at radius 2 is 1.06 bits per heavy atom. The molecule has 0 aromatic heterocycles. The molecular weight excluding hydrogens is 440 g/mol. The molecule has 1 amide bonds. The molecule has 2 atom stereocenters. The maximum Gasteiger partial charge on any atom is 0.405 e. The molecule has 0 aliphatic carbocycles. The van der Waals surface area contributed by atoms with Crippen molar-refractivity contribution in [3.8, 4) is 0 Å². The number of hydrogen-bond donors (Lipinski definition) is 2. The van der Waals surface area contributed by atoms with E-state index in [0.29, 0.717) is 11.3 Å². The van der Waals surface area contributed by atoms with Gasteiger partial charge in [-0.15, -0.1) is 39.5 Å². The van der Waals surface area contributed by atoms with Crippen LogP contribution >= 0.6 is 0 Å². The summed E-state index contributed by atoms with van der Waals surface area (Å²) >= 11 is 0. The molecule has 4 nitrogen and oxygen atoms in total. The molecule has 0 aromatic carbocycles. The van der Waals surface area contributed by atoms with Crippen LogP contribution < -0.4 is 11.1 Å². The zero-order valence-electron chi connectivity index (χ0n) is 21.4. The Hall–Kier alpha value is -1.90. The van der Waals surface area contributed by atoms with Crippen LogP contribution in [0.1, 0.15) is 33.6 Å². The largest absolute Gasteiger partial charge is 0.444 e. The highest BCUT2D eigenvalue weighted by atomic mass is 28.3. The Labute approximate surface area is 205 Å². The van der Waals surface area contributed by atoms with E-state index in [9.17, 15) is 4.79 Å². The van der Waals surface area contributed by atoms with Crippen molar-refractivity contribution in [3.05, 3.63) is 75.9 Å². The lowest BCUT2D eigenvalue weighted by Crippen LogP contribution is -2.58. The van der Waals surface area contributed by atoms with E-state index in [2.05, 4.69) is 86.0 Å². The molecule has 0 saturated carbocycles. The summed E-state index contributed by atoms with van der Waals surface area (Å²) in [4.78, 5) is 10.0. The van der Waals surface area contributed by atoms with Gasteiger partial charge in [0.05, 0.1) is 16.1 Å². The summed E-state index contributed by atoms with van der Waals surface area (Å²) in [5.41, 5.74) is 5.51. The first-order valence-corrected chi connectivity index (χ1v) is 17.3. The third kappa shape index (κ3) is 10.3. The van der Waals surface area contributed by atoms with Crippen molar-refractivity contribution in [2.75, 3.05) is 0 Å². The molecule has 0 bridgehead atoms. The minimum absolute atomic E-state index is 0.453. The van der Waals surface area contributed by atoms with Gasteiger partial charge in [0.25, 0.3) is 0 Å². The Bertz CT molecular complexity index is 585. The number of nitrogens with one attached hydrogen (secondary N) is 1. The van der Waals surface area contributed by atoms with E-state index >= 15 is 0 Å². The smallest absolute Gasteiger partial charge is 0.405 e. The van der Waals surface area contributed by atoms with Crippen LogP contribution in [0, 0.1) is 0 Å². The lowest BCUT2D eigenvalue weighted by molar-refractivity contribution is 0.0600. The van der Waals surface area contributed by atoms with Crippen molar-refractivity contribution >= 4 is 22.2 Å². The first-order valence-electron chi connectivity index (χ1n) is 11.9. The van der Waals surface area contributed by atoms with Crippen LogP contribution in [0.4, 0.5) is 4.79 Å². The van der Waals surface area contributed by atoms with Gasteiger partial charge in [0, 0.05) is 11.3 Å². The fourth-order valence-electron chi connectivity index (χ4n) is 5.09. The first-order chi connectivity index (χ1) is 15.5. The molecule has 0 spiro atoms. The number of primary amides is 1. The van der Waals surface area contributed by atoms with Gasteiger partial charge in [-0.25, -0.2) is 4.79 Å².